The van der Waals surface area contributed by atoms with Gasteiger partial charge in [0.25, 0.3) is 0 Å². The minimum Gasteiger partial charge on any atom is -0.462 e. The number of nitrogens with zero attached hydrogens (tertiary/aromatic N) is 1. The molecule has 1 rings (SSSR count). The topological polar surface area (TPSA) is 74.4 Å². The van der Waals surface area contributed by atoms with E-state index in [0.29, 0.717) is 0 Å². The van der Waals surface area contributed by atoms with E-state index >= 15 is 0 Å². The van der Waals surface area contributed by atoms with Gasteiger partial charge in [-0.1, -0.05) is 0 Å². The van der Waals surface area contributed by atoms with E-state index in [4.69, 9.17) is 5.73 Å². The van der Waals surface area contributed by atoms with E-state index < -0.39 is 47.6 Å². The number of hydrogen-bond donors (Lipinski definition) is 1. The van der Waals surface area contributed by atoms with Crippen molar-refractivity contribution in [2.75, 3.05) is 6.61 Å². The van der Waals surface area contributed by atoms with E-state index in [1.165, 1.54) is 6.92 Å². The number of carbonyl (C=O) groups is 1. The Labute approximate surface area is 120 Å². The van der Waals surface area contributed by atoms with E-state index in [1.54, 1.807) is 0 Å². The summed E-state index contributed by atoms with van der Waals surface area (Å²) in [4.78, 5) is 14.6. The Bertz CT molecular complexity index is 556. The SMILES string of the molecule is CCOC(=O)c1c(OC(F)(F)F)cnc(C(F)(F)F)c1CN. The number of halogens is 6. The van der Waals surface area contributed by atoms with E-state index in [1.807, 2.05) is 0 Å². The summed E-state index contributed by atoms with van der Waals surface area (Å²) < 4.78 is 83.2. The summed E-state index contributed by atoms with van der Waals surface area (Å²) in [6.07, 6.45) is -10.1. The first-order valence-electron chi connectivity index (χ1n) is 5.73. The van der Waals surface area contributed by atoms with Gasteiger partial charge >= 0.3 is 18.5 Å². The van der Waals surface area contributed by atoms with Gasteiger partial charge in [-0.05, 0) is 6.92 Å². The van der Waals surface area contributed by atoms with E-state index in [0.717, 1.165) is 0 Å². The van der Waals surface area contributed by atoms with Crippen LogP contribution in [0.2, 0.25) is 0 Å². The molecule has 1 aromatic rings. The molecule has 0 saturated carbocycles. The van der Waals surface area contributed by atoms with Gasteiger partial charge in [-0.15, -0.1) is 13.2 Å². The molecule has 1 aromatic heterocycles. The number of aromatic nitrogens is 1. The summed E-state index contributed by atoms with van der Waals surface area (Å²) in [7, 11) is 0. The molecule has 0 amide bonds. The quantitative estimate of drug-likeness (QED) is 0.678. The maximum atomic E-state index is 12.8. The molecule has 124 valence electrons. The number of esters is 1. The predicted octanol–water partition coefficient (Wildman–Crippen LogP) is 2.63. The fourth-order valence-corrected chi connectivity index (χ4v) is 1.60. The number of alkyl halides is 6. The van der Waals surface area contributed by atoms with Crippen LogP contribution < -0.4 is 10.5 Å². The van der Waals surface area contributed by atoms with E-state index in [-0.39, 0.29) is 12.8 Å². The fourth-order valence-electron chi connectivity index (χ4n) is 1.60. The van der Waals surface area contributed by atoms with Gasteiger partial charge in [-0.3, -0.25) is 0 Å². The standard InChI is InChI=1S/C11H10F6N2O3/c1-2-21-9(20)7-5(3-18)8(10(12,13)14)19-4-6(7)22-11(15,16)17/h4H,2-3,18H2,1H3. The third kappa shape index (κ3) is 4.23. The highest BCUT2D eigenvalue weighted by Crippen LogP contribution is 2.36. The summed E-state index contributed by atoms with van der Waals surface area (Å²) in [6.45, 7) is 0.180. The molecule has 22 heavy (non-hydrogen) atoms. The molecule has 0 bridgehead atoms. The van der Waals surface area contributed by atoms with Crippen molar-refractivity contribution >= 4 is 5.97 Å². The van der Waals surface area contributed by atoms with Gasteiger partial charge < -0.3 is 15.2 Å². The number of ether oxygens (including phenoxy) is 2. The molecular formula is C11H10F6N2O3. The minimum absolute atomic E-state index is 0.154. The van der Waals surface area contributed by atoms with Gasteiger partial charge in [0.2, 0.25) is 0 Å². The minimum atomic E-state index is -5.23. The van der Waals surface area contributed by atoms with E-state index in [2.05, 4.69) is 14.5 Å². The van der Waals surface area contributed by atoms with Crippen LogP contribution in [-0.2, 0) is 17.5 Å². The number of rotatable bonds is 4. The lowest BCUT2D eigenvalue weighted by Crippen LogP contribution is -2.24. The third-order valence-electron chi connectivity index (χ3n) is 2.32. The molecular weight excluding hydrogens is 322 g/mol. The molecule has 0 radical (unpaired) electrons. The van der Waals surface area contributed by atoms with Gasteiger partial charge in [-0.2, -0.15) is 13.2 Å². The molecule has 0 aliphatic heterocycles. The van der Waals surface area contributed by atoms with Crippen molar-refractivity contribution in [3.63, 3.8) is 0 Å². The second kappa shape index (κ2) is 6.38. The molecule has 0 atom stereocenters. The molecule has 11 heteroatoms. The molecule has 5 nitrogen and oxygen atoms in total. The molecule has 0 aromatic carbocycles. The highest BCUT2D eigenvalue weighted by Gasteiger charge is 2.40. The average molecular weight is 332 g/mol. The van der Waals surface area contributed by atoms with Crippen molar-refractivity contribution < 1.29 is 40.6 Å². The second-order valence-electron chi connectivity index (χ2n) is 3.79. The molecule has 1 heterocycles. The summed E-state index contributed by atoms with van der Waals surface area (Å²) >= 11 is 0. The van der Waals surface area contributed by atoms with Crippen LogP contribution in [0, 0.1) is 0 Å². The predicted molar refractivity (Wildman–Crippen MR) is 59.8 cm³/mol. The molecule has 0 aliphatic rings. The molecule has 0 spiro atoms. The van der Waals surface area contributed by atoms with Crippen LogP contribution >= 0.6 is 0 Å². The first-order valence-corrected chi connectivity index (χ1v) is 5.73. The maximum Gasteiger partial charge on any atom is 0.573 e. The Morgan fingerprint density at radius 2 is 1.86 bits per heavy atom. The van der Waals surface area contributed by atoms with Gasteiger partial charge in [0.05, 0.1) is 12.8 Å². The zero-order valence-corrected chi connectivity index (χ0v) is 11.0. The van der Waals surface area contributed by atoms with Crippen molar-refractivity contribution in [3.8, 4) is 5.75 Å². The lowest BCUT2D eigenvalue weighted by atomic mass is 10.0. The van der Waals surface area contributed by atoms with Crippen LogP contribution in [0.5, 0.6) is 5.75 Å². The van der Waals surface area contributed by atoms with Crippen LogP contribution in [-0.4, -0.2) is 23.9 Å². The Morgan fingerprint density at radius 1 is 1.27 bits per heavy atom. The van der Waals surface area contributed by atoms with Crippen LogP contribution in [0.4, 0.5) is 26.3 Å². The maximum absolute atomic E-state index is 12.8. The first-order chi connectivity index (χ1) is 10.0. The Kier molecular flexibility index (Phi) is 5.22. The monoisotopic (exact) mass is 332 g/mol. The van der Waals surface area contributed by atoms with E-state index in [9.17, 15) is 31.1 Å². The van der Waals surface area contributed by atoms with Gasteiger partial charge in [0.15, 0.2) is 5.75 Å². The highest BCUT2D eigenvalue weighted by atomic mass is 19.4. The zero-order chi connectivity index (χ0) is 17.1. The van der Waals surface area contributed by atoms with Crippen LogP contribution in [0.1, 0.15) is 28.5 Å². The van der Waals surface area contributed by atoms with Gasteiger partial charge in [-0.25, -0.2) is 9.78 Å². The lowest BCUT2D eigenvalue weighted by Gasteiger charge is -2.18. The van der Waals surface area contributed by atoms with Crippen molar-refractivity contribution in [1.29, 1.82) is 0 Å². The summed E-state index contributed by atoms with van der Waals surface area (Å²) in [5.74, 6) is -2.63. The zero-order valence-electron chi connectivity index (χ0n) is 11.0. The van der Waals surface area contributed by atoms with Crippen molar-refractivity contribution in [2.24, 2.45) is 5.73 Å². The Balaban J connectivity index is 3.56. The van der Waals surface area contributed by atoms with Crippen molar-refractivity contribution in [2.45, 2.75) is 26.0 Å². The molecule has 0 aliphatic carbocycles. The average Bonchev–Trinajstić information content (AvgIpc) is 2.34. The molecule has 0 fully saturated rings. The Hall–Kier alpha value is -2.04. The van der Waals surface area contributed by atoms with Crippen molar-refractivity contribution in [1.82, 2.24) is 4.98 Å². The molecule has 0 unspecified atom stereocenters. The molecule has 2 N–H and O–H groups in total. The van der Waals surface area contributed by atoms with Gasteiger partial charge in [0, 0.05) is 12.1 Å². The largest absolute Gasteiger partial charge is 0.573 e. The van der Waals surface area contributed by atoms with Crippen LogP contribution in [0.15, 0.2) is 6.20 Å². The summed E-state index contributed by atoms with van der Waals surface area (Å²) in [5.41, 5.74) is 1.56. The fraction of sp³-hybridized carbons (Fsp3) is 0.455. The number of carbonyl (C=O) groups excluding carboxylic acids is 1. The molecule has 0 saturated heterocycles. The first kappa shape index (κ1) is 18.0. The number of nitrogens with two attached hydrogens (primary N) is 1. The summed E-state index contributed by atoms with van der Waals surface area (Å²) in [5, 5.41) is 0. The number of pyridine rings is 1. The van der Waals surface area contributed by atoms with Crippen molar-refractivity contribution in [3.05, 3.63) is 23.0 Å². The lowest BCUT2D eigenvalue weighted by molar-refractivity contribution is -0.274. The number of hydrogen-bond acceptors (Lipinski definition) is 5. The smallest absolute Gasteiger partial charge is 0.462 e. The van der Waals surface area contributed by atoms with Crippen LogP contribution in [0.25, 0.3) is 0 Å². The van der Waals surface area contributed by atoms with Crippen LogP contribution in [0.3, 0.4) is 0 Å². The normalized spacial score (nSPS) is 12.2. The second-order valence-corrected chi connectivity index (χ2v) is 3.79. The third-order valence-corrected chi connectivity index (χ3v) is 2.32. The van der Waals surface area contributed by atoms with Gasteiger partial charge in [0.1, 0.15) is 11.3 Å². The summed E-state index contributed by atoms with van der Waals surface area (Å²) in [6, 6.07) is 0. The Morgan fingerprint density at radius 3 is 2.27 bits per heavy atom. The highest BCUT2D eigenvalue weighted by molar-refractivity contribution is 5.94.